The highest BCUT2D eigenvalue weighted by atomic mass is 35.5. The third kappa shape index (κ3) is 4.82. The standard InChI is InChI=1S/C18H18ClF2NO3/c1-10(2)9-25-17-13(19)6-11(7-16(17)24-3)18(23)22-12-4-5-14(20)15(21)8-12/h4-8,10H,9H2,1-3H3,(H,22,23). The molecule has 0 aromatic heterocycles. The quantitative estimate of drug-likeness (QED) is 0.786. The Hall–Kier alpha value is -2.34. The van der Waals surface area contributed by atoms with Crippen molar-refractivity contribution in [3.8, 4) is 11.5 Å². The van der Waals surface area contributed by atoms with Gasteiger partial charge >= 0.3 is 0 Å². The predicted molar refractivity (Wildman–Crippen MR) is 92.6 cm³/mol. The van der Waals surface area contributed by atoms with E-state index in [1.54, 1.807) is 0 Å². The first kappa shape index (κ1) is 19.0. The monoisotopic (exact) mass is 369 g/mol. The summed E-state index contributed by atoms with van der Waals surface area (Å²) >= 11 is 6.20. The number of hydrogen-bond acceptors (Lipinski definition) is 3. The van der Waals surface area contributed by atoms with Crippen LogP contribution in [-0.2, 0) is 0 Å². The van der Waals surface area contributed by atoms with Crippen LogP contribution < -0.4 is 14.8 Å². The molecule has 0 saturated carbocycles. The zero-order valence-electron chi connectivity index (χ0n) is 14.0. The fourth-order valence-corrected chi connectivity index (χ4v) is 2.28. The van der Waals surface area contributed by atoms with Gasteiger partial charge in [0.25, 0.3) is 5.91 Å². The first-order chi connectivity index (χ1) is 11.8. The number of benzene rings is 2. The van der Waals surface area contributed by atoms with Crippen LogP contribution in [0.15, 0.2) is 30.3 Å². The van der Waals surface area contributed by atoms with Crippen molar-refractivity contribution in [1.82, 2.24) is 0 Å². The average Bonchev–Trinajstić information content (AvgIpc) is 2.56. The summed E-state index contributed by atoms with van der Waals surface area (Å²) in [4.78, 5) is 12.3. The molecule has 7 heteroatoms. The number of ether oxygens (including phenoxy) is 2. The van der Waals surface area contributed by atoms with Gasteiger partial charge in [-0.1, -0.05) is 25.4 Å². The number of rotatable bonds is 6. The van der Waals surface area contributed by atoms with Gasteiger partial charge in [0.05, 0.1) is 18.7 Å². The molecule has 0 unspecified atom stereocenters. The molecule has 0 saturated heterocycles. The zero-order chi connectivity index (χ0) is 18.6. The molecule has 0 atom stereocenters. The highest BCUT2D eigenvalue weighted by Gasteiger charge is 2.17. The van der Waals surface area contributed by atoms with Crippen molar-refractivity contribution in [3.05, 3.63) is 52.6 Å². The molecule has 0 spiro atoms. The smallest absolute Gasteiger partial charge is 0.255 e. The number of amides is 1. The Bertz CT molecular complexity index is 781. The van der Waals surface area contributed by atoms with Gasteiger partial charge in [0.2, 0.25) is 0 Å². The van der Waals surface area contributed by atoms with Gasteiger partial charge in [-0.25, -0.2) is 8.78 Å². The van der Waals surface area contributed by atoms with E-state index >= 15 is 0 Å². The summed E-state index contributed by atoms with van der Waals surface area (Å²) in [7, 11) is 1.44. The van der Waals surface area contributed by atoms with Crippen molar-refractivity contribution >= 4 is 23.2 Å². The third-order valence-electron chi connectivity index (χ3n) is 3.23. The number of methoxy groups -OCH3 is 1. The van der Waals surface area contributed by atoms with E-state index in [0.717, 1.165) is 12.1 Å². The maximum Gasteiger partial charge on any atom is 0.255 e. The maximum absolute atomic E-state index is 13.2. The van der Waals surface area contributed by atoms with Crippen LogP contribution in [-0.4, -0.2) is 19.6 Å². The predicted octanol–water partition coefficient (Wildman–Crippen LogP) is 4.91. The second kappa shape index (κ2) is 8.16. The molecule has 25 heavy (non-hydrogen) atoms. The fourth-order valence-electron chi connectivity index (χ4n) is 2.02. The van der Waals surface area contributed by atoms with Crippen LogP contribution in [0.1, 0.15) is 24.2 Å². The van der Waals surface area contributed by atoms with Crippen molar-refractivity contribution in [2.75, 3.05) is 19.0 Å². The molecule has 0 fully saturated rings. The molecule has 0 bridgehead atoms. The van der Waals surface area contributed by atoms with E-state index in [2.05, 4.69) is 5.32 Å². The highest BCUT2D eigenvalue weighted by molar-refractivity contribution is 6.32. The maximum atomic E-state index is 13.2. The topological polar surface area (TPSA) is 47.6 Å². The Labute approximate surface area is 149 Å². The van der Waals surface area contributed by atoms with Gasteiger partial charge in [0, 0.05) is 17.3 Å². The van der Waals surface area contributed by atoms with Gasteiger partial charge in [-0.05, 0) is 30.2 Å². The Morgan fingerprint density at radius 1 is 1.20 bits per heavy atom. The first-order valence-corrected chi connectivity index (χ1v) is 7.96. The van der Waals surface area contributed by atoms with Crippen molar-refractivity contribution in [3.63, 3.8) is 0 Å². The summed E-state index contributed by atoms with van der Waals surface area (Å²) in [5, 5.41) is 2.69. The minimum Gasteiger partial charge on any atom is -0.493 e. The van der Waals surface area contributed by atoms with E-state index in [1.165, 1.54) is 25.3 Å². The summed E-state index contributed by atoms with van der Waals surface area (Å²) in [5.74, 6) is -1.63. The minimum atomic E-state index is -1.05. The second-order valence-electron chi connectivity index (χ2n) is 5.78. The summed E-state index contributed by atoms with van der Waals surface area (Å²) in [6.07, 6.45) is 0. The van der Waals surface area contributed by atoms with Gasteiger partial charge < -0.3 is 14.8 Å². The number of anilines is 1. The number of hydrogen-bond donors (Lipinski definition) is 1. The lowest BCUT2D eigenvalue weighted by Crippen LogP contribution is -2.13. The highest BCUT2D eigenvalue weighted by Crippen LogP contribution is 2.37. The molecule has 2 aromatic carbocycles. The van der Waals surface area contributed by atoms with Crippen LogP contribution in [0.25, 0.3) is 0 Å². The average molecular weight is 370 g/mol. The van der Waals surface area contributed by atoms with E-state index in [9.17, 15) is 13.6 Å². The van der Waals surface area contributed by atoms with E-state index in [1.807, 2.05) is 13.8 Å². The number of halogens is 3. The zero-order valence-corrected chi connectivity index (χ0v) is 14.8. The van der Waals surface area contributed by atoms with E-state index in [-0.39, 0.29) is 22.2 Å². The molecule has 0 radical (unpaired) electrons. The normalized spacial score (nSPS) is 10.7. The van der Waals surface area contributed by atoms with Crippen LogP contribution >= 0.6 is 11.6 Å². The second-order valence-corrected chi connectivity index (χ2v) is 6.18. The van der Waals surface area contributed by atoms with Crippen LogP contribution in [0.3, 0.4) is 0 Å². The lowest BCUT2D eigenvalue weighted by atomic mass is 10.1. The molecule has 2 aromatic rings. The molecule has 1 amide bonds. The Morgan fingerprint density at radius 2 is 1.92 bits per heavy atom. The van der Waals surface area contributed by atoms with Crippen molar-refractivity contribution in [2.24, 2.45) is 5.92 Å². The molecule has 0 aliphatic heterocycles. The fraction of sp³-hybridized carbons (Fsp3) is 0.278. The van der Waals surface area contributed by atoms with E-state index in [4.69, 9.17) is 21.1 Å². The van der Waals surface area contributed by atoms with Crippen molar-refractivity contribution < 1.29 is 23.0 Å². The lowest BCUT2D eigenvalue weighted by molar-refractivity contribution is 0.102. The van der Waals surface area contributed by atoms with Crippen LogP contribution in [0.4, 0.5) is 14.5 Å². The minimum absolute atomic E-state index is 0.124. The Morgan fingerprint density at radius 3 is 2.52 bits per heavy atom. The van der Waals surface area contributed by atoms with Crippen LogP contribution in [0.5, 0.6) is 11.5 Å². The Balaban J connectivity index is 2.24. The third-order valence-corrected chi connectivity index (χ3v) is 3.51. The molecule has 0 heterocycles. The Kier molecular flexibility index (Phi) is 6.20. The van der Waals surface area contributed by atoms with Crippen molar-refractivity contribution in [2.45, 2.75) is 13.8 Å². The SMILES string of the molecule is COc1cc(C(=O)Nc2ccc(F)c(F)c2)cc(Cl)c1OCC(C)C. The van der Waals surface area contributed by atoms with E-state index in [0.29, 0.717) is 18.1 Å². The van der Waals surface area contributed by atoms with Gasteiger partial charge in [-0.3, -0.25) is 4.79 Å². The molecule has 134 valence electrons. The molecular weight excluding hydrogens is 352 g/mol. The van der Waals surface area contributed by atoms with E-state index < -0.39 is 17.5 Å². The van der Waals surface area contributed by atoms with Gasteiger partial charge in [-0.2, -0.15) is 0 Å². The number of nitrogens with one attached hydrogen (secondary N) is 1. The molecule has 0 aliphatic carbocycles. The van der Waals surface area contributed by atoms with Gasteiger partial charge in [0.15, 0.2) is 23.1 Å². The molecule has 0 aliphatic rings. The molecule has 1 N–H and O–H groups in total. The summed E-state index contributed by atoms with van der Waals surface area (Å²) in [5.41, 5.74) is 0.322. The van der Waals surface area contributed by atoms with Gasteiger partial charge in [-0.15, -0.1) is 0 Å². The molecule has 4 nitrogen and oxygen atoms in total. The number of carbonyl (C=O) groups is 1. The van der Waals surface area contributed by atoms with Crippen molar-refractivity contribution in [1.29, 1.82) is 0 Å². The summed E-state index contributed by atoms with van der Waals surface area (Å²) in [6, 6.07) is 5.98. The van der Waals surface area contributed by atoms with Crippen LogP contribution in [0, 0.1) is 17.6 Å². The molecule has 2 rings (SSSR count). The van der Waals surface area contributed by atoms with Gasteiger partial charge in [0.1, 0.15) is 0 Å². The summed E-state index contributed by atoms with van der Waals surface area (Å²) in [6.45, 7) is 4.42. The van der Waals surface area contributed by atoms with Crippen LogP contribution in [0.2, 0.25) is 5.02 Å². The largest absolute Gasteiger partial charge is 0.493 e. The lowest BCUT2D eigenvalue weighted by Gasteiger charge is -2.15. The first-order valence-electron chi connectivity index (χ1n) is 7.58. The summed E-state index contributed by atoms with van der Waals surface area (Å²) < 4.78 is 37.0. The number of carbonyl (C=O) groups excluding carboxylic acids is 1. The molecular formula is C18H18ClF2NO3.